The fourth-order valence-corrected chi connectivity index (χ4v) is 2.89. The van der Waals surface area contributed by atoms with Crippen molar-refractivity contribution in [3.63, 3.8) is 0 Å². The van der Waals surface area contributed by atoms with Gasteiger partial charge in [-0.15, -0.1) is 0 Å². The summed E-state index contributed by atoms with van der Waals surface area (Å²) in [5, 5.41) is 13.4. The Morgan fingerprint density at radius 2 is 1.90 bits per heavy atom. The Hall–Kier alpha value is -2.46. The Kier molecular flexibility index (Phi) is 2.66. The molecule has 21 heavy (non-hydrogen) atoms. The van der Waals surface area contributed by atoms with Crippen LogP contribution in [0.25, 0.3) is 32.7 Å². The van der Waals surface area contributed by atoms with E-state index in [0.717, 1.165) is 27.1 Å². The highest BCUT2D eigenvalue weighted by Crippen LogP contribution is 2.40. The second-order valence-corrected chi connectivity index (χ2v) is 5.18. The van der Waals surface area contributed by atoms with Crippen LogP contribution in [0.2, 0.25) is 0 Å². The van der Waals surface area contributed by atoms with Crippen molar-refractivity contribution in [2.75, 3.05) is 0 Å². The standard InChI is InChI=1S/C17H13BO3/c1-10-6-7-14-13(8-10)16-12-5-3-2-4-11(12)9-15(21-18-19)17(16)20-14/h2-9,18-19H,1H3. The minimum atomic E-state index is -0.372. The molecule has 1 heterocycles. The van der Waals surface area contributed by atoms with Gasteiger partial charge in [-0.25, -0.2) is 0 Å². The quantitative estimate of drug-likeness (QED) is 0.568. The predicted molar refractivity (Wildman–Crippen MR) is 86.0 cm³/mol. The van der Waals surface area contributed by atoms with Gasteiger partial charge in [-0.1, -0.05) is 35.9 Å². The molecule has 0 spiro atoms. The van der Waals surface area contributed by atoms with Crippen LogP contribution < -0.4 is 4.65 Å². The number of hydrogen-bond acceptors (Lipinski definition) is 3. The molecule has 4 rings (SSSR count). The number of fused-ring (bicyclic) bond motifs is 5. The minimum Gasteiger partial charge on any atom is -0.536 e. The van der Waals surface area contributed by atoms with Crippen molar-refractivity contribution in [1.82, 2.24) is 0 Å². The molecule has 3 aromatic carbocycles. The zero-order valence-electron chi connectivity index (χ0n) is 11.6. The summed E-state index contributed by atoms with van der Waals surface area (Å²) in [5.41, 5.74) is 2.70. The van der Waals surface area contributed by atoms with E-state index >= 15 is 0 Å². The van der Waals surface area contributed by atoms with Crippen molar-refractivity contribution in [2.45, 2.75) is 6.92 Å². The largest absolute Gasteiger partial charge is 0.536 e. The summed E-state index contributed by atoms with van der Waals surface area (Å²) in [7, 11) is -0.372. The normalized spacial score (nSPS) is 11.3. The van der Waals surface area contributed by atoms with Crippen LogP contribution in [-0.2, 0) is 0 Å². The van der Waals surface area contributed by atoms with E-state index in [1.54, 1.807) is 0 Å². The van der Waals surface area contributed by atoms with Gasteiger partial charge in [0.2, 0.25) is 0 Å². The first-order valence-electron chi connectivity index (χ1n) is 6.86. The summed E-state index contributed by atoms with van der Waals surface area (Å²) in [4.78, 5) is 0. The molecular formula is C17H13BO3. The summed E-state index contributed by atoms with van der Waals surface area (Å²) in [6, 6.07) is 16.2. The van der Waals surface area contributed by atoms with E-state index in [1.807, 2.05) is 36.4 Å². The van der Waals surface area contributed by atoms with Crippen LogP contribution in [0.1, 0.15) is 5.56 Å². The molecule has 4 heteroatoms. The second kappa shape index (κ2) is 4.53. The molecule has 0 bridgehead atoms. The summed E-state index contributed by atoms with van der Waals surface area (Å²) >= 11 is 0. The van der Waals surface area contributed by atoms with Crippen molar-refractivity contribution >= 4 is 40.4 Å². The van der Waals surface area contributed by atoms with Gasteiger partial charge in [-0.3, -0.25) is 0 Å². The summed E-state index contributed by atoms with van der Waals surface area (Å²) in [6.07, 6.45) is 0. The highest BCUT2D eigenvalue weighted by atomic mass is 16.5. The smallest absolute Gasteiger partial charge is 0.504 e. The Bertz CT molecular complexity index is 972. The number of benzene rings is 3. The number of aryl methyl sites for hydroxylation is 1. The molecule has 0 saturated heterocycles. The third-order valence-electron chi connectivity index (χ3n) is 3.80. The van der Waals surface area contributed by atoms with Gasteiger partial charge in [-0.05, 0) is 35.9 Å². The molecule has 0 radical (unpaired) electrons. The van der Waals surface area contributed by atoms with E-state index in [9.17, 15) is 0 Å². The molecule has 0 aliphatic carbocycles. The lowest BCUT2D eigenvalue weighted by molar-refractivity contribution is 0.451. The summed E-state index contributed by atoms with van der Waals surface area (Å²) < 4.78 is 11.3. The monoisotopic (exact) mass is 276 g/mol. The van der Waals surface area contributed by atoms with Crippen molar-refractivity contribution < 1.29 is 14.1 Å². The zero-order valence-corrected chi connectivity index (χ0v) is 11.6. The first-order chi connectivity index (χ1) is 10.3. The van der Waals surface area contributed by atoms with Gasteiger partial charge in [0.1, 0.15) is 11.3 Å². The molecule has 0 saturated carbocycles. The van der Waals surface area contributed by atoms with Gasteiger partial charge in [0.15, 0.2) is 5.58 Å². The Labute approximate surface area is 122 Å². The van der Waals surface area contributed by atoms with E-state index in [0.29, 0.717) is 11.3 Å². The van der Waals surface area contributed by atoms with Gasteiger partial charge in [-0.2, -0.15) is 0 Å². The molecular weight excluding hydrogens is 263 g/mol. The predicted octanol–water partition coefficient (Wildman–Crippen LogP) is 3.69. The van der Waals surface area contributed by atoms with Crippen molar-refractivity contribution in [3.05, 3.63) is 54.1 Å². The number of furan rings is 1. The highest BCUT2D eigenvalue weighted by molar-refractivity contribution is 6.23. The van der Waals surface area contributed by atoms with Crippen LogP contribution in [0.5, 0.6) is 5.75 Å². The van der Waals surface area contributed by atoms with Crippen molar-refractivity contribution in [1.29, 1.82) is 0 Å². The maximum Gasteiger partial charge on any atom is 0.504 e. The Balaban J connectivity index is 2.26. The minimum absolute atomic E-state index is 0.372. The fraction of sp³-hybridized carbons (Fsp3) is 0.0588. The third-order valence-corrected chi connectivity index (χ3v) is 3.80. The van der Waals surface area contributed by atoms with Gasteiger partial charge in [0.05, 0.1) is 0 Å². The third kappa shape index (κ3) is 1.80. The van der Waals surface area contributed by atoms with Gasteiger partial charge < -0.3 is 14.1 Å². The van der Waals surface area contributed by atoms with Gasteiger partial charge >= 0.3 is 7.69 Å². The zero-order chi connectivity index (χ0) is 14.4. The topological polar surface area (TPSA) is 42.6 Å². The lowest BCUT2D eigenvalue weighted by atomic mass is 10.0. The lowest BCUT2D eigenvalue weighted by Gasteiger charge is -2.06. The molecule has 0 aliphatic heterocycles. The van der Waals surface area contributed by atoms with E-state index in [1.165, 1.54) is 5.56 Å². The average molecular weight is 276 g/mol. The average Bonchev–Trinajstić information content (AvgIpc) is 2.87. The van der Waals surface area contributed by atoms with Crippen LogP contribution in [0.15, 0.2) is 52.9 Å². The van der Waals surface area contributed by atoms with Gasteiger partial charge in [0.25, 0.3) is 0 Å². The SMILES string of the molecule is Cc1ccc2oc3c(OBO)cc4ccccc4c3c2c1. The van der Waals surface area contributed by atoms with Crippen LogP contribution in [-0.4, -0.2) is 12.7 Å². The van der Waals surface area contributed by atoms with E-state index in [4.69, 9.17) is 14.1 Å². The Morgan fingerprint density at radius 1 is 1.05 bits per heavy atom. The van der Waals surface area contributed by atoms with Crippen LogP contribution >= 0.6 is 0 Å². The van der Waals surface area contributed by atoms with E-state index in [-0.39, 0.29) is 7.69 Å². The summed E-state index contributed by atoms with van der Waals surface area (Å²) in [5.74, 6) is 0.569. The molecule has 0 unspecified atom stereocenters. The van der Waals surface area contributed by atoms with E-state index in [2.05, 4.69) is 19.1 Å². The van der Waals surface area contributed by atoms with Crippen LogP contribution in [0.3, 0.4) is 0 Å². The molecule has 1 N–H and O–H groups in total. The number of rotatable bonds is 2. The molecule has 0 atom stereocenters. The van der Waals surface area contributed by atoms with Crippen molar-refractivity contribution in [3.8, 4) is 5.75 Å². The molecule has 0 aliphatic rings. The van der Waals surface area contributed by atoms with Crippen LogP contribution in [0.4, 0.5) is 0 Å². The summed E-state index contributed by atoms with van der Waals surface area (Å²) in [6.45, 7) is 2.06. The molecule has 1 aromatic heterocycles. The number of hydrogen-bond donors (Lipinski definition) is 1. The Morgan fingerprint density at radius 3 is 2.76 bits per heavy atom. The highest BCUT2D eigenvalue weighted by Gasteiger charge is 2.15. The molecule has 102 valence electrons. The molecule has 0 fully saturated rings. The second-order valence-electron chi connectivity index (χ2n) is 5.18. The lowest BCUT2D eigenvalue weighted by Crippen LogP contribution is -1.99. The first kappa shape index (κ1) is 12.3. The maximum atomic E-state index is 9.11. The van der Waals surface area contributed by atoms with Crippen LogP contribution in [0, 0.1) is 6.92 Å². The molecule has 0 amide bonds. The fourth-order valence-electron chi connectivity index (χ4n) is 2.89. The molecule has 3 nitrogen and oxygen atoms in total. The van der Waals surface area contributed by atoms with Crippen molar-refractivity contribution in [2.24, 2.45) is 0 Å². The molecule has 4 aromatic rings. The maximum absolute atomic E-state index is 9.11. The first-order valence-corrected chi connectivity index (χ1v) is 6.86. The van der Waals surface area contributed by atoms with Gasteiger partial charge in [0, 0.05) is 10.8 Å². The van der Waals surface area contributed by atoms with E-state index < -0.39 is 0 Å².